The summed E-state index contributed by atoms with van der Waals surface area (Å²) >= 11 is 0. The maximum absolute atomic E-state index is 9.37. The molecule has 0 aliphatic carbocycles. The quantitative estimate of drug-likeness (QED) is 0.684. The average Bonchev–Trinajstić information content (AvgIpc) is 2.89. The lowest BCUT2D eigenvalue weighted by molar-refractivity contribution is 0.302. The summed E-state index contributed by atoms with van der Waals surface area (Å²) in [5.74, 6) is 2.16. The molecule has 1 aromatic carbocycles. The predicted molar refractivity (Wildman–Crippen MR) is 86.7 cm³/mol. The molecule has 0 aliphatic heterocycles. The summed E-state index contributed by atoms with van der Waals surface area (Å²) < 4.78 is 16.2. The Balaban J connectivity index is 1.81. The van der Waals surface area contributed by atoms with E-state index >= 15 is 0 Å². The molecule has 0 aliphatic rings. The smallest absolute Gasteiger partial charge is 0.138 e. The van der Waals surface area contributed by atoms with E-state index in [0.717, 1.165) is 41.4 Å². The van der Waals surface area contributed by atoms with Crippen LogP contribution in [0.1, 0.15) is 42.7 Å². The molecule has 0 amide bonds. The fourth-order valence-corrected chi connectivity index (χ4v) is 2.54. The number of nitriles is 1. The highest BCUT2D eigenvalue weighted by Crippen LogP contribution is 2.27. The van der Waals surface area contributed by atoms with Crippen molar-refractivity contribution in [2.24, 2.45) is 0 Å². The van der Waals surface area contributed by atoms with Gasteiger partial charge in [-0.05, 0) is 57.9 Å². The molecule has 0 saturated heterocycles. The summed E-state index contributed by atoms with van der Waals surface area (Å²) in [6.07, 6.45) is 1.51. The van der Waals surface area contributed by atoms with Crippen LogP contribution in [0.15, 0.2) is 28.8 Å². The van der Waals surface area contributed by atoms with Crippen molar-refractivity contribution in [3.8, 4) is 17.6 Å². The van der Waals surface area contributed by atoms with Crippen molar-refractivity contribution < 1.29 is 14.0 Å². The van der Waals surface area contributed by atoms with Crippen LogP contribution in [0.2, 0.25) is 0 Å². The number of nitrogens with zero attached hydrogens (tertiary/aromatic N) is 2. The second-order valence-electron chi connectivity index (χ2n) is 5.31. The van der Waals surface area contributed by atoms with Gasteiger partial charge < -0.3 is 14.0 Å². The van der Waals surface area contributed by atoms with Crippen molar-refractivity contribution in [1.82, 2.24) is 5.16 Å². The molecule has 2 aromatic rings. The molecule has 0 bridgehead atoms. The van der Waals surface area contributed by atoms with Crippen molar-refractivity contribution in [2.75, 3.05) is 13.2 Å². The minimum Gasteiger partial charge on any atom is -0.494 e. The molecule has 0 N–H and O–H groups in total. The third kappa shape index (κ3) is 4.49. The normalized spacial score (nSPS) is 11.7. The molecule has 1 heterocycles. The molecule has 5 heteroatoms. The lowest BCUT2D eigenvalue weighted by atomic mass is 9.94. The zero-order valence-corrected chi connectivity index (χ0v) is 13.8. The predicted octanol–water partition coefficient (Wildman–Crippen LogP) is 4.16. The van der Waals surface area contributed by atoms with Gasteiger partial charge >= 0.3 is 0 Å². The number of aryl methyl sites for hydroxylation is 2. The van der Waals surface area contributed by atoms with Gasteiger partial charge in [0.15, 0.2) is 0 Å². The average molecular weight is 314 g/mol. The Labute approximate surface area is 136 Å². The third-order valence-electron chi connectivity index (χ3n) is 3.63. The topological polar surface area (TPSA) is 68.3 Å². The van der Waals surface area contributed by atoms with Crippen LogP contribution in [0.4, 0.5) is 0 Å². The van der Waals surface area contributed by atoms with Crippen LogP contribution >= 0.6 is 0 Å². The van der Waals surface area contributed by atoms with E-state index in [2.05, 4.69) is 11.2 Å². The van der Waals surface area contributed by atoms with Gasteiger partial charge in [0.25, 0.3) is 0 Å². The van der Waals surface area contributed by atoms with Crippen molar-refractivity contribution in [1.29, 1.82) is 5.26 Å². The Bertz CT molecular complexity index is 636. The Kier molecular flexibility index (Phi) is 6.04. The van der Waals surface area contributed by atoms with Gasteiger partial charge in [-0.3, -0.25) is 0 Å². The van der Waals surface area contributed by atoms with E-state index in [1.807, 2.05) is 45.0 Å². The molecule has 2 rings (SSSR count). The van der Waals surface area contributed by atoms with Gasteiger partial charge in [-0.2, -0.15) is 5.26 Å². The van der Waals surface area contributed by atoms with Crippen LogP contribution < -0.4 is 9.47 Å². The Morgan fingerprint density at radius 1 is 1.17 bits per heavy atom. The SMILES string of the molecule is CCOc1ccc(OCCCC(C#N)c2c(C)noc2C)cc1. The van der Waals surface area contributed by atoms with Gasteiger partial charge in [0.2, 0.25) is 0 Å². The largest absolute Gasteiger partial charge is 0.494 e. The van der Waals surface area contributed by atoms with Crippen LogP contribution in [0.5, 0.6) is 11.5 Å². The molecule has 5 nitrogen and oxygen atoms in total. The minimum absolute atomic E-state index is 0.204. The maximum Gasteiger partial charge on any atom is 0.138 e. The molecule has 0 radical (unpaired) electrons. The van der Waals surface area contributed by atoms with Crippen LogP contribution in [-0.4, -0.2) is 18.4 Å². The number of ether oxygens (including phenoxy) is 2. The van der Waals surface area contributed by atoms with E-state index in [0.29, 0.717) is 13.2 Å². The summed E-state index contributed by atoms with van der Waals surface area (Å²) in [5, 5.41) is 13.3. The van der Waals surface area contributed by atoms with Gasteiger partial charge in [0.1, 0.15) is 17.3 Å². The van der Waals surface area contributed by atoms with Crippen LogP contribution in [0.25, 0.3) is 0 Å². The first-order chi connectivity index (χ1) is 11.2. The fraction of sp³-hybridized carbons (Fsp3) is 0.444. The molecule has 1 unspecified atom stereocenters. The van der Waals surface area contributed by atoms with Gasteiger partial charge in [-0.15, -0.1) is 0 Å². The second kappa shape index (κ2) is 8.23. The van der Waals surface area contributed by atoms with Gasteiger partial charge in [-0.1, -0.05) is 5.16 Å². The summed E-state index contributed by atoms with van der Waals surface area (Å²) in [6, 6.07) is 9.89. The Morgan fingerprint density at radius 2 is 1.83 bits per heavy atom. The molecule has 1 aromatic heterocycles. The van der Waals surface area contributed by atoms with Gasteiger partial charge in [-0.25, -0.2) is 0 Å². The summed E-state index contributed by atoms with van der Waals surface area (Å²) in [7, 11) is 0. The zero-order chi connectivity index (χ0) is 16.7. The number of rotatable bonds is 8. The first kappa shape index (κ1) is 16.9. The van der Waals surface area contributed by atoms with Crippen LogP contribution in [0, 0.1) is 25.2 Å². The molecule has 0 saturated carbocycles. The van der Waals surface area contributed by atoms with E-state index in [1.165, 1.54) is 0 Å². The Morgan fingerprint density at radius 3 is 2.35 bits per heavy atom. The second-order valence-corrected chi connectivity index (χ2v) is 5.31. The highest BCUT2D eigenvalue weighted by atomic mass is 16.5. The van der Waals surface area contributed by atoms with E-state index in [1.54, 1.807) is 0 Å². The maximum atomic E-state index is 9.37. The molecule has 23 heavy (non-hydrogen) atoms. The molecule has 0 spiro atoms. The molecule has 0 fully saturated rings. The van der Waals surface area contributed by atoms with Gasteiger partial charge in [0.05, 0.1) is 30.9 Å². The summed E-state index contributed by atoms with van der Waals surface area (Å²) in [6.45, 7) is 6.88. The third-order valence-corrected chi connectivity index (χ3v) is 3.63. The lowest BCUT2D eigenvalue weighted by Gasteiger charge is -2.10. The number of hydrogen-bond donors (Lipinski definition) is 0. The molecule has 1 atom stereocenters. The molecular formula is C18H22N2O3. The van der Waals surface area contributed by atoms with E-state index in [9.17, 15) is 5.26 Å². The first-order valence-electron chi connectivity index (χ1n) is 7.83. The minimum atomic E-state index is -0.204. The van der Waals surface area contributed by atoms with E-state index in [4.69, 9.17) is 14.0 Å². The fourth-order valence-electron chi connectivity index (χ4n) is 2.54. The van der Waals surface area contributed by atoms with E-state index in [-0.39, 0.29) is 5.92 Å². The van der Waals surface area contributed by atoms with Crippen molar-refractivity contribution in [3.63, 3.8) is 0 Å². The monoisotopic (exact) mass is 314 g/mol. The number of hydrogen-bond acceptors (Lipinski definition) is 5. The highest BCUT2D eigenvalue weighted by Gasteiger charge is 2.19. The number of aromatic nitrogens is 1. The summed E-state index contributed by atoms with van der Waals surface area (Å²) in [5.41, 5.74) is 1.70. The number of benzene rings is 1. The lowest BCUT2D eigenvalue weighted by Crippen LogP contribution is -2.03. The van der Waals surface area contributed by atoms with E-state index < -0.39 is 0 Å². The highest BCUT2D eigenvalue weighted by molar-refractivity contribution is 5.31. The first-order valence-corrected chi connectivity index (χ1v) is 7.83. The standard InChI is InChI=1S/C18H22N2O3/c1-4-21-16-7-9-17(10-8-16)22-11-5-6-15(12-19)18-13(2)20-23-14(18)3/h7-10,15H,4-6,11H2,1-3H3. The zero-order valence-electron chi connectivity index (χ0n) is 13.8. The van der Waals surface area contributed by atoms with Gasteiger partial charge in [0, 0.05) is 5.56 Å². The van der Waals surface area contributed by atoms with Crippen LogP contribution in [-0.2, 0) is 0 Å². The Hall–Kier alpha value is -2.48. The molecule has 122 valence electrons. The van der Waals surface area contributed by atoms with Crippen LogP contribution in [0.3, 0.4) is 0 Å². The molecular weight excluding hydrogens is 292 g/mol. The van der Waals surface area contributed by atoms with Crippen molar-refractivity contribution in [3.05, 3.63) is 41.3 Å². The van der Waals surface area contributed by atoms with Crippen molar-refractivity contribution >= 4 is 0 Å². The summed E-state index contributed by atoms with van der Waals surface area (Å²) in [4.78, 5) is 0. The van der Waals surface area contributed by atoms with Crippen molar-refractivity contribution in [2.45, 2.75) is 39.5 Å².